The summed E-state index contributed by atoms with van der Waals surface area (Å²) >= 11 is 0. The molecule has 17 heavy (non-hydrogen) atoms. The van der Waals surface area contributed by atoms with Gasteiger partial charge in [-0.15, -0.1) is 0 Å². The summed E-state index contributed by atoms with van der Waals surface area (Å²) in [7, 11) is 0. The first-order valence-corrected chi connectivity index (χ1v) is 5.10. The molecule has 88 valence electrons. The average Bonchev–Trinajstić information content (AvgIpc) is 2.22. The molecule has 0 saturated heterocycles. The SMILES string of the molecule is Cc1nc(N)cc(Oc2ccc(F)c(C)c2)n1. The number of nitrogen functional groups attached to an aromatic ring is 1. The van der Waals surface area contributed by atoms with Crippen LogP contribution in [0.1, 0.15) is 11.4 Å². The minimum atomic E-state index is -0.268. The van der Waals surface area contributed by atoms with Gasteiger partial charge < -0.3 is 10.5 Å². The molecular formula is C12H12FN3O. The average molecular weight is 233 g/mol. The van der Waals surface area contributed by atoms with Gasteiger partial charge in [0.2, 0.25) is 5.88 Å². The number of aromatic nitrogens is 2. The summed E-state index contributed by atoms with van der Waals surface area (Å²) in [6.45, 7) is 3.39. The zero-order valence-corrected chi connectivity index (χ0v) is 9.57. The molecule has 0 saturated carbocycles. The van der Waals surface area contributed by atoms with E-state index in [-0.39, 0.29) is 5.82 Å². The molecule has 0 atom stereocenters. The van der Waals surface area contributed by atoms with E-state index < -0.39 is 0 Å². The first-order chi connectivity index (χ1) is 8.04. The highest BCUT2D eigenvalue weighted by atomic mass is 19.1. The van der Waals surface area contributed by atoms with Crippen LogP contribution in [0.2, 0.25) is 0 Å². The number of anilines is 1. The monoisotopic (exact) mass is 233 g/mol. The van der Waals surface area contributed by atoms with Crippen LogP contribution in [0, 0.1) is 19.7 Å². The molecule has 0 bridgehead atoms. The molecule has 0 amide bonds. The zero-order chi connectivity index (χ0) is 12.4. The summed E-state index contributed by atoms with van der Waals surface area (Å²) in [6.07, 6.45) is 0. The van der Waals surface area contributed by atoms with Crippen LogP contribution in [0.4, 0.5) is 10.2 Å². The highest BCUT2D eigenvalue weighted by Gasteiger charge is 2.04. The van der Waals surface area contributed by atoms with Gasteiger partial charge in [-0.3, -0.25) is 0 Å². The fourth-order valence-corrected chi connectivity index (χ4v) is 1.42. The van der Waals surface area contributed by atoms with Crippen LogP contribution in [0.5, 0.6) is 11.6 Å². The Balaban J connectivity index is 2.28. The van der Waals surface area contributed by atoms with Crippen molar-refractivity contribution in [1.82, 2.24) is 9.97 Å². The summed E-state index contributed by atoms with van der Waals surface area (Å²) in [6, 6.07) is 6.01. The number of aryl methyl sites for hydroxylation is 2. The Bertz CT molecular complexity index is 537. The second kappa shape index (κ2) is 4.37. The predicted octanol–water partition coefficient (Wildman–Crippen LogP) is 2.61. The maximum absolute atomic E-state index is 13.1. The number of nitrogens with two attached hydrogens (primary N) is 1. The first-order valence-electron chi connectivity index (χ1n) is 5.10. The number of rotatable bonds is 2. The van der Waals surface area contributed by atoms with Gasteiger partial charge in [-0.1, -0.05) is 0 Å². The summed E-state index contributed by atoms with van der Waals surface area (Å²) < 4.78 is 18.5. The van der Waals surface area contributed by atoms with Gasteiger partial charge in [-0.25, -0.2) is 9.37 Å². The smallest absolute Gasteiger partial charge is 0.224 e. The maximum Gasteiger partial charge on any atom is 0.224 e. The lowest BCUT2D eigenvalue weighted by atomic mass is 10.2. The lowest BCUT2D eigenvalue weighted by Gasteiger charge is -2.07. The van der Waals surface area contributed by atoms with Crippen LogP contribution in [0.15, 0.2) is 24.3 Å². The van der Waals surface area contributed by atoms with Crippen LogP contribution in [-0.4, -0.2) is 9.97 Å². The van der Waals surface area contributed by atoms with Crippen molar-refractivity contribution in [3.8, 4) is 11.6 Å². The van der Waals surface area contributed by atoms with Crippen molar-refractivity contribution >= 4 is 5.82 Å². The number of benzene rings is 1. The van der Waals surface area contributed by atoms with Crippen molar-refractivity contribution < 1.29 is 9.13 Å². The summed E-state index contributed by atoms with van der Waals surface area (Å²) in [4.78, 5) is 8.01. The lowest BCUT2D eigenvalue weighted by Crippen LogP contribution is -1.98. The number of nitrogens with zero attached hydrogens (tertiary/aromatic N) is 2. The van der Waals surface area contributed by atoms with Gasteiger partial charge in [0, 0.05) is 6.07 Å². The summed E-state index contributed by atoms with van der Waals surface area (Å²) in [5.74, 6) is 1.46. The van der Waals surface area contributed by atoms with Crippen molar-refractivity contribution in [2.24, 2.45) is 0 Å². The zero-order valence-electron chi connectivity index (χ0n) is 9.57. The van der Waals surface area contributed by atoms with Crippen LogP contribution < -0.4 is 10.5 Å². The van der Waals surface area contributed by atoms with Crippen molar-refractivity contribution in [2.45, 2.75) is 13.8 Å². The first kappa shape index (κ1) is 11.3. The lowest BCUT2D eigenvalue weighted by molar-refractivity contribution is 0.458. The molecule has 0 unspecified atom stereocenters. The Morgan fingerprint density at radius 1 is 1.18 bits per heavy atom. The molecule has 5 heteroatoms. The largest absolute Gasteiger partial charge is 0.439 e. The van der Waals surface area contributed by atoms with Crippen LogP contribution in [-0.2, 0) is 0 Å². The van der Waals surface area contributed by atoms with E-state index in [2.05, 4.69) is 9.97 Å². The number of hydrogen-bond donors (Lipinski definition) is 1. The van der Waals surface area contributed by atoms with E-state index in [0.29, 0.717) is 28.8 Å². The minimum absolute atomic E-state index is 0.268. The Kier molecular flexibility index (Phi) is 2.91. The molecule has 0 aliphatic carbocycles. The Labute approximate surface area is 98.3 Å². The molecule has 0 spiro atoms. The molecule has 2 aromatic rings. The third-order valence-electron chi connectivity index (χ3n) is 2.19. The summed E-state index contributed by atoms with van der Waals surface area (Å²) in [5.41, 5.74) is 6.09. The Morgan fingerprint density at radius 3 is 2.59 bits per heavy atom. The van der Waals surface area contributed by atoms with E-state index in [1.54, 1.807) is 19.9 Å². The molecule has 0 aliphatic rings. The second-order valence-electron chi connectivity index (χ2n) is 3.69. The molecule has 0 fully saturated rings. The van der Waals surface area contributed by atoms with Gasteiger partial charge in [0.25, 0.3) is 0 Å². The van der Waals surface area contributed by atoms with Gasteiger partial charge in [-0.05, 0) is 37.6 Å². The highest BCUT2D eigenvalue weighted by Crippen LogP contribution is 2.22. The van der Waals surface area contributed by atoms with Gasteiger partial charge in [0.1, 0.15) is 23.2 Å². The number of hydrogen-bond acceptors (Lipinski definition) is 4. The molecule has 0 aliphatic heterocycles. The van der Waals surface area contributed by atoms with Crippen LogP contribution in [0.25, 0.3) is 0 Å². The van der Waals surface area contributed by atoms with E-state index in [1.165, 1.54) is 18.2 Å². The van der Waals surface area contributed by atoms with Gasteiger partial charge >= 0.3 is 0 Å². The second-order valence-corrected chi connectivity index (χ2v) is 3.69. The van der Waals surface area contributed by atoms with Crippen molar-refractivity contribution in [3.63, 3.8) is 0 Å². The molecular weight excluding hydrogens is 221 g/mol. The van der Waals surface area contributed by atoms with E-state index >= 15 is 0 Å². The standard InChI is InChI=1S/C12H12FN3O/c1-7-5-9(3-4-10(7)13)17-12-6-11(14)15-8(2)16-12/h3-6H,1-2H3,(H2,14,15,16). The quantitative estimate of drug-likeness (QED) is 0.866. The molecule has 1 aromatic heterocycles. The van der Waals surface area contributed by atoms with Gasteiger partial charge in [-0.2, -0.15) is 4.98 Å². The molecule has 2 N–H and O–H groups in total. The van der Waals surface area contributed by atoms with Crippen LogP contribution >= 0.6 is 0 Å². The molecule has 1 heterocycles. The Morgan fingerprint density at radius 2 is 1.94 bits per heavy atom. The highest BCUT2D eigenvalue weighted by molar-refractivity contribution is 5.36. The van der Waals surface area contributed by atoms with E-state index in [0.717, 1.165) is 0 Å². The van der Waals surface area contributed by atoms with Crippen molar-refractivity contribution in [2.75, 3.05) is 5.73 Å². The minimum Gasteiger partial charge on any atom is -0.439 e. The van der Waals surface area contributed by atoms with E-state index in [9.17, 15) is 4.39 Å². The van der Waals surface area contributed by atoms with Crippen LogP contribution in [0.3, 0.4) is 0 Å². The van der Waals surface area contributed by atoms with Gasteiger partial charge in [0.15, 0.2) is 0 Å². The number of ether oxygens (including phenoxy) is 1. The van der Waals surface area contributed by atoms with E-state index in [1.807, 2.05) is 0 Å². The Hall–Kier alpha value is -2.17. The fourth-order valence-electron chi connectivity index (χ4n) is 1.42. The topological polar surface area (TPSA) is 61.0 Å². The van der Waals surface area contributed by atoms with Crippen molar-refractivity contribution in [3.05, 3.63) is 41.5 Å². The maximum atomic E-state index is 13.1. The molecule has 4 nitrogen and oxygen atoms in total. The number of halogens is 1. The third kappa shape index (κ3) is 2.69. The molecule has 2 rings (SSSR count). The van der Waals surface area contributed by atoms with Gasteiger partial charge in [0.05, 0.1) is 0 Å². The normalized spacial score (nSPS) is 10.3. The third-order valence-corrected chi connectivity index (χ3v) is 2.19. The fraction of sp³-hybridized carbons (Fsp3) is 0.167. The molecule has 1 aromatic carbocycles. The van der Waals surface area contributed by atoms with E-state index in [4.69, 9.17) is 10.5 Å². The molecule has 0 radical (unpaired) electrons. The summed E-state index contributed by atoms with van der Waals surface area (Å²) in [5, 5.41) is 0. The van der Waals surface area contributed by atoms with Crippen molar-refractivity contribution in [1.29, 1.82) is 0 Å². The predicted molar refractivity (Wildman–Crippen MR) is 62.4 cm³/mol.